The van der Waals surface area contributed by atoms with Crippen LogP contribution in [0.25, 0.3) is 0 Å². The number of amides is 1. The smallest absolute Gasteiger partial charge is 0.262 e. The number of benzene rings is 1. The van der Waals surface area contributed by atoms with E-state index in [1.807, 2.05) is 17.0 Å². The molecule has 136 valence electrons. The Morgan fingerprint density at radius 1 is 1.35 bits per heavy atom. The Morgan fingerprint density at radius 2 is 2.15 bits per heavy atom. The Hall–Kier alpha value is -2.25. The summed E-state index contributed by atoms with van der Waals surface area (Å²) in [5.74, 6) is 0.910. The maximum atomic E-state index is 12.0. The van der Waals surface area contributed by atoms with Gasteiger partial charge in [-0.05, 0) is 17.7 Å². The average Bonchev–Trinajstić information content (AvgIpc) is 3.22. The van der Waals surface area contributed by atoms with Crippen LogP contribution in [0.1, 0.15) is 12.0 Å². The largest absolute Gasteiger partial charge is 0.454 e. The van der Waals surface area contributed by atoms with Crippen molar-refractivity contribution < 1.29 is 22.7 Å². The highest BCUT2D eigenvalue weighted by Crippen LogP contribution is 2.40. The molecule has 3 aliphatic heterocycles. The van der Waals surface area contributed by atoms with E-state index in [2.05, 4.69) is 4.99 Å². The minimum Gasteiger partial charge on any atom is -0.454 e. The molecule has 0 radical (unpaired) electrons. The molecule has 26 heavy (non-hydrogen) atoms. The zero-order valence-corrected chi connectivity index (χ0v) is 15.3. The van der Waals surface area contributed by atoms with Crippen molar-refractivity contribution in [2.45, 2.75) is 24.3 Å². The predicted octanol–water partition coefficient (Wildman–Crippen LogP) is 0.926. The molecule has 0 saturated carbocycles. The molecule has 0 unspecified atom stereocenters. The van der Waals surface area contributed by atoms with Gasteiger partial charge in [-0.3, -0.25) is 4.79 Å². The molecule has 0 N–H and O–H groups in total. The third-order valence-corrected chi connectivity index (χ3v) is 7.66. The molecule has 3 heterocycles. The number of carbonyl (C=O) groups excluding carboxylic acids is 1. The quantitative estimate of drug-likeness (QED) is 0.746. The SMILES string of the molecule is N#CCC(=O)N=C1S[C@H]2CS(=O)(=O)C[C@@H]2N1Cc1ccc2c(c1)OCO2. The van der Waals surface area contributed by atoms with E-state index in [-0.39, 0.29) is 36.0 Å². The van der Waals surface area contributed by atoms with E-state index in [4.69, 9.17) is 14.7 Å². The fourth-order valence-electron chi connectivity index (χ4n) is 3.27. The Balaban J connectivity index is 1.62. The number of rotatable bonds is 3. The third-order valence-electron chi connectivity index (χ3n) is 4.42. The lowest BCUT2D eigenvalue weighted by Gasteiger charge is -2.24. The maximum Gasteiger partial charge on any atom is 0.262 e. The number of fused-ring (bicyclic) bond motifs is 2. The Kier molecular flexibility index (Phi) is 4.28. The van der Waals surface area contributed by atoms with E-state index >= 15 is 0 Å². The van der Waals surface area contributed by atoms with Crippen LogP contribution in [0.4, 0.5) is 0 Å². The number of nitrogens with zero attached hydrogens (tertiary/aromatic N) is 3. The first-order chi connectivity index (χ1) is 12.4. The molecule has 1 amide bonds. The fraction of sp³-hybridized carbons (Fsp3) is 0.438. The van der Waals surface area contributed by atoms with Crippen molar-refractivity contribution in [1.29, 1.82) is 5.26 Å². The number of carbonyl (C=O) groups is 1. The van der Waals surface area contributed by atoms with Crippen molar-refractivity contribution in [3.05, 3.63) is 23.8 Å². The second-order valence-corrected chi connectivity index (χ2v) is 9.60. The number of sulfone groups is 1. The van der Waals surface area contributed by atoms with E-state index in [1.54, 1.807) is 12.1 Å². The highest BCUT2D eigenvalue weighted by Gasteiger charge is 2.48. The normalized spacial score (nSPS) is 26.7. The first-order valence-corrected chi connectivity index (χ1v) is 10.7. The van der Waals surface area contributed by atoms with Gasteiger partial charge in [-0.1, -0.05) is 17.8 Å². The molecule has 2 fully saturated rings. The van der Waals surface area contributed by atoms with E-state index in [0.717, 1.165) is 5.56 Å². The van der Waals surface area contributed by atoms with Crippen molar-refractivity contribution in [2.75, 3.05) is 18.3 Å². The third kappa shape index (κ3) is 3.24. The topological polar surface area (TPSA) is 109 Å². The number of aliphatic imine (C=N–C) groups is 1. The lowest BCUT2D eigenvalue weighted by molar-refractivity contribution is -0.116. The summed E-state index contributed by atoms with van der Waals surface area (Å²) in [6.45, 7) is 0.579. The van der Waals surface area contributed by atoms with Crippen LogP contribution in [-0.4, -0.2) is 54.0 Å². The highest BCUT2D eigenvalue weighted by atomic mass is 32.2. The number of thioether (sulfide) groups is 1. The Morgan fingerprint density at radius 3 is 2.96 bits per heavy atom. The molecule has 10 heteroatoms. The van der Waals surface area contributed by atoms with Gasteiger partial charge in [0.05, 0.1) is 23.6 Å². The van der Waals surface area contributed by atoms with Gasteiger partial charge in [0.15, 0.2) is 26.5 Å². The molecule has 0 aromatic heterocycles. The van der Waals surface area contributed by atoms with Crippen LogP contribution in [0.3, 0.4) is 0 Å². The summed E-state index contributed by atoms with van der Waals surface area (Å²) in [4.78, 5) is 17.7. The molecule has 0 spiro atoms. The van der Waals surface area contributed by atoms with Gasteiger partial charge in [0, 0.05) is 11.8 Å². The van der Waals surface area contributed by atoms with Crippen molar-refractivity contribution in [1.82, 2.24) is 4.90 Å². The second-order valence-electron chi connectivity index (χ2n) is 6.24. The van der Waals surface area contributed by atoms with Crippen LogP contribution in [0.5, 0.6) is 11.5 Å². The average molecular weight is 393 g/mol. The van der Waals surface area contributed by atoms with Gasteiger partial charge in [0.25, 0.3) is 5.91 Å². The monoisotopic (exact) mass is 393 g/mol. The van der Waals surface area contributed by atoms with Gasteiger partial charge in [-0.15, -0.1) is 0 Å². The molecule has 1 aromatic rings. The summed E-state index contributed by atoms with van der Waals surface area (Å²) in [6.07, 6.45) is -0.296. The number of hydrogen-bond acceptors (Lipinski definition) is 7. The first kappa shape index (κ1) is 17.2. The van der Waals surface area contributed by atoms with Crippen LogP contribution in [0.2, 0.25) is 0 Å². The molecular weight excluding hydrogens is 378 g/mol. The van der Waals surface area contributed by atoms with Gasteiger partial charge in [0.2, 0.25) is 6.79 Å². The van der Waals surface area contributed by atoms with Gasteiger partial charge in [0.1, 0.15) is 6.42 Å². The molecule has 1 aromatic carbocycles. The number of nitriles is 1. The molecule has 0 bridgehead atoms. The van der Waals surface area contributed by atoms with Crippen molar-refractivity contribution in [3.63, 3.8) is 0 Å². The number of ether oxygens (including phenoxy) is 2. The van der Waals surface area contributed by atoms with Crippen LogP contribution in [0.15, 0.2) is 23.2 Å². The van der Waals surface area contributed by atoms with Crippen LogP contribution < -0.4 is 9.47 Å². The van der Waals surface area contributed by atoms with E-state index in [1.165, 1.54) is 11.8 Å². The fourth-order valence-corrected chi connectivity index (χ4v) is 7.24. The molecule has 0 aliphatic carbocycles. The van der Waals surface area contributed by atoms with Crippen LogP contribution in [-0.2, 0) is 21.2 Å². The Bertz CT molecular complexity index is 938. The second kappa shape index (κ2) is 6.48. The van der Waals surface area contributed by atoms with Crippen molar-refractivity contribution in [3.8, 4) is 17.6 Å². The molecule has 2 atom stereocenters. The zero-order valence-electron chi connectivity index (χ0n) is 13.6. The van der Waals surface area contributed by atoms with Crippen LogP contribution >= 0.6 is 11.8 Å². The first-order valence-electron chi connectivity index (χ1n) is 7.96. The number of amidine groups is 1. The van der Waals surface area contributed by atoms with Crippen molar-refractivity contribution >= 4 is 32.7 Å². The molecule has 4 rings (SSSR count). The molecule has 3 aliphatic rings. The van der Waals surface area contributed by atoms with E-state index < -0.39 is 15.7 Å². The minimum absolute atomic E-state index is 0.0423. The number of hydrogen-bond donors (Lipinski definition) is 0. The van der Waals surface area contributed by atoms with Gasteiger partial charge in [-0.2, -0.15) is 10.3 Å². The zero-order chi connectivity index (χ0) is 18.3. The summed E-state index contributed by atoms with van der Waals surface area (Å²) in [7, 11) is -3.10. The summed E-state index contributed by atoms with van der Waals surface area (Å²) in [5.41, 5.74) is 0.903. The lowest BCUT2D eigenvalue weighted by atomic mass is 10.1. The molecular formula is C16H15N3O5S2. The van der Waals surface area contributed by atoms with Gasteiger partial charge >= 0.3 is 0 Å². The van der Waals surface area contributed by atoms with Gasteiger partial charge in [-0.25, -0.2) is 8.42 Å². The van der Waals surface area contributed by atoms with Crippen molar-refractivity contribution in [2.24, 2.45) is 4.99 Å². The standard InChI is InChI=1S/C16H15N3O5S2/c17-4-3-15(20)18-16-19(11-7-26(21,22)8-14(11)25-16)6-10-1-2-12-13(5-10)24-9-23-12/h1-2,5,11,14H,3,6-9H2/t11-,14-/m0/s1. The molecule has 2 saturated heterocycles. The Labute approximate surface area is 154 Å². The minimum atomic E-state index is -3.10. The lowest BCUT2D eigenvalue weighted by Crippen LogP contribution is -2.37. The predicted molar refractivity (Wildman–Crippen MR) is 94.6 cm³/mol. The summed E-state index contributed by atoms with van der Waals surface area (Å²) >= 11 is 1.30. The highest BCUT2D eigenvalue weighted by molar-refractivity contribution is 8.15. The van der Waals surface area contributed by atoms with E-state index in [9.17, 15) is 13.2 Å². The van der Waals surface area contributed by atoms with Gasteiger partial charge < -0.3 is 14.4 Å². The maximum absolute atomic E-state index is 12.0. The summed E-state index contributed by atoms with van der Waals surface area (Å²) in [5, 5.41) is 8.99. The van der Waals surface area contributed by atoms with E-state index in [0.29, 0.717) is 23.2 Å². The summed E-state index contributed by atoms with van der Waals surface area (Å²) in [6, 6.07) is 7.09. The summed E-state index contributed by atoms with van der Waals surface area (Å²) < 4.78 is 34.7. The molecule has 8 nitrogen and oxygen atoms in total. The van der Waals surface area contributed by atoms with Crippen LogP contribution in [0, 0.1) is 11.3 Å².